The summed E-state index contributed by atoms with van der Waals surface area (Å²) in [5.41, 5.74) is -0.979. The lowest BCUT2D eigenvalue weighted by Gasteiger charge is -2.36. The van der Waals surface area contributed by atoms with Crippen LogP contribution in [0.1, 0.15) is 29.0 Å². The lowest BCUT2D eigenvalue weighted by Crippen LogP contribution is -2.49. The molecule has 1 aromatic rings. The molecule has 0 radical (unpaired) electrons. The monoisotopic (exact) mass is 358 g/mol. The van der Waals surface area contributed by atoms with E-state index in [9.17, 15) is 18.7 Å². The van der Waals surface area contributed by atoms with Gasteiger partial charge in [0, 0.05) is 48.8 Å². The highest BCUT2D eigenvalue weighted by Gasteiger charge is 2.42. The molecule has 3 rings (SSSR count). The molecule has 2 aliphatic heterocycles. The second-order valence-electron chi connectivity index (χ2n) is 7.11. The largest absolute Gasteiger partial charge is 0.387 e. The lowest BCUT2D eigenvalue weighted by atomic mass is 10.00. The second-order valence-corrected chi connectivity index (χ2v) is 8.48. The molecule has 2 fully saturated rings. The molecule has 2 saturated heterocycles. The van der Waals surface area contributed by atoms with E-state index < -0.39 is 11.5 Å². The summed E-state index contributed by atoms with van der Waals surface area (Å²) in [6.45, 7) is 3.81. The Bertz CT molecular complexity index is 597. The fourth-order valence-electron chi connectivity index (χ4n) is 3.49. The van der Waals surface area contributed by atoms with Crippen molar-refractivity contribution in [2.75, 3.05) is 32.7 Å². The Morgan fingerprint density at radius 1 is 1.25 bits per heavy atom. The van der Waals surface area contributed by atoms with Crippen LogP contribution < -0.4 is 0 Å². The maximum absolute atomic E-state index is 13.2. The molecule has 24 heavy (non-hydrogen) atoms. The normalized spacial score (nSPS) is 27.6. The Morgan fingerprint density at radius 2 is 1.96 bits per heavy atom. The number of likely N-dealkylation sites (tertiary alicyclic amines) is 2. The van der Waals surface area contributed by atoms with Gasteiger partial charge in [0.2, 0.25) is 5.91 Å². The Balaban J connectivity index is 1.51. The Hall–Kier alpha value is -1.05. The molecular weight excluding hydrogens is 334 g/mol. The van der Waals surface area contributed by atoms with Crippen LogP contribution in [0.4, 0.5) is 8.78 Å². The number of β-amino-alcohol motifs (C(OH)–C–C–N with tert-alkyl or cyclic N) is 1. The number of rotatable bonds is 4. The maximum Gasteiger partial charge on any atom is 0.250 e. The van der Waals surface area contributed by atoms with Crippen LogP contribution in [0.2, 0.25) is 0 Å². The predicted molar refractivity (Wildman–Crippen MR) is 89.5 cm³/mol. The van der Waals surface area contributed by atoms with Crippen molar-refractivity contribution in [3.05, 3.63) is 21.9 Å². The fraction of sp³-hybridized carbons (Fsp3) is 0.706. The minimum absolute atomic E-state index is 0.0259. The van der Waals surface area contributed by atoms with Gasteiger partial charge >= 0.3 is 0 Å². The number of halogens is 2. The van der Waals surface area contributed by atoms with Crippen LogP contribution in [-0.4, -0.2) is 65.1 Å². The molecule has 0 aliphatic carbocycles. The zero-order valence-corrected chi connectivity index (χ0v) is 14.7. The number of aryl methyl sites for hydroxylation is 1. The van der Waals surface area contributed by atoms with Gasteiger partial charge in [-0.15, -0.1) is 11.3 Å². The summed E-state index contributed by atoms with van der Waals surface area (Å²) in [6.07, 6.45) is 0.576. The summed E-state index contributed by atoms with van der Waals surface area (Å²) in [6, 6.07) is 3.97. The van der Waals surface area contributed by atoms with E-state index in [0.717, 1.165) is 4.88 Å². The van der Waals surface area contributed by atoms with E-state index in [0.29, 0.717) is 45.6 Å². The van der Waals surface area contributed by atoms with E-state index in [1.807, 2.05) is 24.0 Å². The molecular formula is C17H24F2N2O2S. The maximum atomic E-state index is 13.2. The number of thiophene rings is 1. The van der Waals surface area contributed by atoms with E-state index >= 15 is 0 Å². The lowest BCUT2D eigenvalue weighted by molar-refractivity contribution is -0.130. The second kappa shape index (κ2) is 6.69. The summed E-state index contributed by atoms with van der Waals surface area (Å²) >= 11 is 1.61. The van der Waals surface area contributed by atoms with Crippen molar-refractivity contribution in [2.45, 2.75) is 44.1 Å². The molecule has 0 unspecified atom stereocenters. The molecule has 134 valence electrons. The van der Waals surface area contributed by atoms with Gasteiger partial charge in [-0.2, -0.15) is 0 Å². The molecule has 3 heterocycles. The average molecular weight is 358 g/mol. The minimum atomic E-state index is -2.57. The summed E-state index contributed by atoms with van der Waals surface area (Å²) in [4.78, 5) is 18.2. The van der Waals surface area contributed by atoms with Crippen molar-refractivity contribution in [2.24, 2.45) is 0 Å². The van der Waals surface area contributed by atoms with Crippen molar-refractivity contribution in [3.8, 4) is 0 Å². The van der Waals surface area contributed by atoms with Crippen molar-refractivity contribution in [1.29, 1.82) is 0 Å². The minimum Gasteiger partial charge on any atom is -0.387 e. The van der Waals surface area contributed by atoms with E-state index in [-0.39, 0.29) is 18.7 Å². The van der Waals surface area contributed by atoms with Crippen molar-refractivity contribution in [1.82, 2.24) is 9.80 Å². The molecule has 7 heteroatoms. The number of alkyl halides is 2. The SMILES string of the molecule is Cc1ccc(CC(=O)N2CC[C@](O)(CN3CCC(F)(F)CC3)C2)s1. The molecule has 0 spiro atoms. The van der Waals surface area contributed by atoms with Gasteiger partial charge < -0.3 is 10.0 Å². The Labute approximate surface area is 145 Å². The zero-order valence-electron chi connectivity index (χ0n) is 13.9. The first-order valence-corrected chi connectivity index (χ1v) is 9.22. The third-order valence-electron chi connectivity index (χ3n) is 4.91. The van der Waals surface area contributed by atoms with Crippen LogP contribution in [0.5, 0.6) is 0 Å². The average Bonchev–Trinajstić information content (AvgIpc) is 3.08. The van der Waals surface area contributed by atoms with E-state index in [1.165, 1.54) is 4.88 Å². The fourth-order valence-corrected chi connectivity index (χ4v) is 4.38. The van der Waals surface area contributed by atoms with Gasteiger partial charge in [-0.05, 0) is 25.5 Å². The zero-order chi connectivity index (χ0) is 17.4. The van der Waals surface area contributed by atoms with E-state index in [2.05, 4.69) is 0 Å². The van der Waals surface area contributed by atoms with Crippen LogP contribution in [0.15, 0.2) is 12.1 Å². The Morgan fingerprint density at radius 3 is 2.58 bits per heavy atom. The summed E-state index contributed by atoms with van der Waals surface area (Å²) in [7, 11) is 0. The molecule has 0 aromatic carbocycles. The van der Waals surface area contributed by atoms with Crippen LogP contribution in [-0.2, 0) is 11.2 Å². The topological polar surface area (TPSA) is 43.8 Å². The van der Waals surface area contributed by atoms with Gasteiger partial charge in [-0.3, -0.25) is 9.69 Å². The number of aliphatic hydroxyl groups is 1. The smallest absolute Gasteiger partial charge is 0.250 e. The summed E-state index contributed by atoms with van der Waals surface area (Å²) < 4.78 is 26.4. The van der Waals surface area contributed by atoms with Gasteiger partial charge in [0.1, 0.15) is 0 Å². The highest BCUT2D eigenvalue weighted by Crippen LogP contribution is 2.30. The van der Waals surface area contributed by atoms with Gasteiger partial charge in [0.05, 0.1) is 18.6 Å². The van der Waals surface area contributed by atoms with Crippen LogP contribution >= 0.6 is 11.3 Å². The summed E-state index contributed by atoms with van der Waals surface area (Å²) in [5, 5.41) is 10.7. The number of hydrogen-bond donors (Lipinski definition) is 1. The van der Waals surface area contributed by atoms with Crippen LogP contribution in [0.3, 0.4) is 0 Å². The first-order valence-electron chi connectivity index (χ1n) is 8.40. The number of carbonyl (C=O) groups is 1. The van der Waals surface area contributed by atoms with Crippen LogP contribution in [0.25, 0.3) is 0 Å². The molecule has 4 nitrogen and oxygen atoms in total. The first-order chi connectivity index (χ1) is 11.2. The van der Waals surface area contributed by atoms with Gasteiger partial charge in [-0.25, -0.2) is 8.78 Å². The molecule has 1 amide bonds. The number of carbonyl (C=O) groups excluding carboxylic acids is 1. The number of nitrogens with zero attached hydrogens (tertiary/aromatic N) is 2. The van der Waals surface area contributed by atoms with Gasteiger partial charge in [-0.1, -0.05) is 0 Å². The molecule has 1 aromatic heterocycles. The van der Waals surface area contributed by atoms with Gasteiger partial charge in [0.25, 0.3) is 5.92 Å². The van der Waals surface area contributed by atoms with E-state index in [1.54, 1.807) is 16.2 Å². The van der Waals surface area contributed by atoms with E-state index in [4.69, 9.17) is 0 Å². The Kier molecular flexibility index (Phi) is 4.95. The standard InChI is InChI=1S/C17H24F2N2O2S/c1-13-2-3-14(24-13)10-15(22)21-9-4-16(23,12-21)11-20-7-5-17(18,19)6-8-20/h2-3,23H,4-12H2,1H3/t16-/m0/s1. The van der Waals surface area contributed by atoms with Crippen molar-refractivity contribution < 1.29 is 18.7 Å². The number of hydrogen-bond acceptors (Lipinski definition) is 4. The van der Waals surface area contributed by atoms with Crippen LogP contribution in [0, 0.1) is 6.92 Å². The van der Waals surface area contributed by atoms with Crippen molar-refractivity contribution in [3.63, 3.8) is 0 Å². The highest BCUT2D eigenvalue weighted by atomic mass is 32.1. The third-order valence-corrected chi connectivity index (χ3v) is 5.91. The number of amides is 1. The molecule has 0 bridgehead atoms. The predicted octanol–water partition coefficient (Wildman–Crippen LogP) is 2.29. The first kappa shape index (κ1) is 17.8. The highest BCUT2D eigenvalue weighted by molar-refractivity contribution is 7.12. The molecule has 0 saturated carbocycles. The molecule has 2 aliphatic rings. The van der Waals surface area contributed by atoms with Gasteiger partial charge in [0.15, 0.2) is 0 Å². The summed E-state index contributed by atoms with van der Waals surface area (Å²) in [5.74, 6) is -2.55. The quantitative estimate of drug-likeness (QED) is 0.898. The number of piperidine rings is 1. The molecule has 1 atom stereocenters. The molecule has 1 N–H and O–H groups in total. The third kappa shape index (κ3) is 4.32. The van der Waals surface area contributed by atoms with Crippen molar-refractivity contribution >= 4 is 17.2 Å².